The average Bonchev–Trinajstić information content (AvgIpc) is 2.80. The monoisotopic (exact) mass is 485 g/mol. The molecule has 1 aromatic rings. The van der Waals surface area contributed by atoms with Crippen LogP contribution in [-0.2, 0) is 0 Å². The maximum absolute atomic E-state index is 9.44. The minimum Gasteiger partial charge on any atom is -0.376 e. The van der Waals surface area contributed by atoms with Crippen molar-refractivity contribution in [2.75, 3.05) is 25.0 Å². The predicted octanol–water partition coefficient (Wildman–Crippen LogP) is 3.87. The zero-order chi connectivity index (χ0) is 23.5. The standard InChI is InChI=1S/C24H29Cl2N7/c1-15(2)22-13-32(23-12-28-20-10-17(25)18(26)11-21(20)30-23)8-9-33(22)24(29-14-27)31-19-7-5-4-6-16(19)3/h4-7,10-12,15,20,22,24,28-29,31H,8-9,13H2,1-3H3. The number of hydrogen-bond acceptors (Lipinski definition) is 7. The summed E-state index contributed by atoms with van der Waals surface area (Å²) in [5.41, 5.74) is 3.01. The molecule has 1 fully saturated rings. The minimum absolute atomic E-state index is 0.0616. The number of halogens is 2. The van der Waals surface area contributed by atoms with Gasteiger partial charge in [0, 0.05) is 37.6 Å². The molecule has 0 radical (unpaired) electrons. The summed E-state index contributed by atoms with van der Waals surface area (Å²) in [7, 11) is 0. The molecular weight excluding hydrogens is 457 g/mol. The molecule has 0 amide bonds. The topological polar surface area (TPSA) is 78.7 Å². The molecule has 33 heavy (non-hydrogen) atoms. The normalized spacial score (nSPS) is 23.8. The van der Waals surface area contributed by atoms with Crippen molar-refractivity contribution >= 4 is 34.6 Å². The van der Waals surface area contributed by atoms with Gasteiger partial charge in [-0.3, -0.25) is 10.2 Å². The van der Waals surface area contributed by atoms with Crippen LogP contribution in [0.2, 0.25) is 0 Å². The van der Waals surface area contributed by atoms with Gasteiger partial charge in [-0.1, -0.05) is 55.2 Å². The molecule has 1 saturated heterocycles. The molecule has 7 nitrogen and oxygen atoms in total. The van der Waals surface area contributed by atoms with E-state index in [1.165, 1.54) is 0 Å². The number of para-hydroxylation sites is 1. The highest BCUT2D eigenvalue weighted by atomic mass is 35.5. The lowest BCUT2D eigenvalue weighted by molar-refractivity contribution is 0.0335. The molecule has 3 aliphatic rings. The second kappa shape index (κ2) is 10.1. The van der Waals surface area contributed by atoms with E-state index in [0.717, 1.165) is 42.4 Å². The van der Waals surface area contributed by atoms with Gasteiger partial charge in [-0.2, -0.15) is 5.26 Å². The summed E-state index contributed by atoms with van der Waals surface area (Å²) < 4.78 is 0. The fraction of sp³-hybridized carbons (Fsp3) is 0.417. The van der Waals surface area contributed by atoms with Crippen molar-refractivity contribution in [3.63, 3.8) is 0 Å². The summed E-state index contributed by atoms with van der Waals surface area (Å²) in [6.07, 6.45) is 7.48. The number of rotatable bonds is 6. The van der Waals surface area contributed by atoms with Crippen molar-refractivity contribution in [3.05, 3.63) is 64.1 Å². The molecule has 1 aliphatic carbocycles. The fourth-order valence-electron chi connectivity index (χ4n) is 4.42. The molecule has 2 aliphatic heterocycles. The number of nitriles is 1. The van der Waals surface area contributed by atoms with Gasteiger partial charge in [0.05, 0.1) is 21.8 Å². The summed E-state index contributed by atoms with van der Waals surface area (Å²) in [5.74, 6) is 1.26. The highest BCUT2D eigenvalue weighted by Gasteiger charge is 2.35. The number of benzene rings is 1. The van der Waals surface area contributed by atoms with Crippen LogP contribution in [0, 0.1) is 24.3 Å². The molecule has 2 heterocycles. The van der Waals surface area contributed by atoms with Crippen LogP contribution < -0.4 is 16.0 Å². The smallest absolute Gasteiger partial charge is 0.179 e. The van der Waals surface area contributed by atoms with Gasteiger partial charge in [0.25, 0.3) is 0 Å². The van der Waals surface area contributed by atoms with Crippen molar-refractivity contribution in [1.29, 1.82) is 5.26 Å². The van der Waals surface area contributed by atoms with Crippen LogP contribution in [0.1, 0.15) is 19.4 Å². The van der Waals surface area contributed by atoms with E-state index in [-0.39, 0.29) is 18.4 Å². The number of fused-ring (bicyclic) bond motifs is 1. The molecule has 174 valence electrons. The molecule has 9 heteroatoms. The molecule has 3 atom stereocenters. The lowest BCUT2D eigenvalue weighted by Gasteiger charge is -2.47. The molecule has 0 aromatic heterocycles. The Morgan fingerprint density at radius 3 is 2.73 bits per heavy atom. The van der Waals surface area contributed by atoms with Crippen LogP contribution >= 0.6 is 23.2 Å². The fourth-order valence-corrected chi connectivity index (χ4v) is 4.77. The number of allylic oxidation sites excluding steroid dienone is 2. The number of aliphatic imine (C=N–C) groups is 1. The van der Waals surface area contributed by atoms with Crippen LogP contribution in [-0.4, -0.2) is 53.5 Å². The van der Waals surface area contributed by atoms with Crippen molar-refractivity contribution in [2.24, 2.45) is 10.9 Å². The Balaban J connectivity index is 1.52. The molecule has 0 saturated carbocycles. The molecule has 3 unspecified atom stereocenters. The Bertz CT molecular complexity index is 1050. The Kier molecular flexibility index (Phi) is 7.18. The molecular formula is C24H29Cl2N7. The van der Waals surface area contributed by atoms with E-state index in [1.807, 2.05) is 36.6 Å². The van der Waals surface area contributed by atoms with Crippen molar-refractivity contribution in [1.82, 2.24) is 20.4 Å². The first kappa shape index (κ1) is 23.5. The van der Waals surface area contributed by atoms with Gasteiger partial charge in [-0.15, -0.1) is 0 Å². The molecule has 3 N–H and O–H groups in total. The highest BCUT2D eigenvalue weighted by Crippen LogP contribution is 2.28. The van der Waals surface area contributed by atoms with Gasteiger partial charge < -0.3 is 15.5 Å². The van der Waals surface area contributed by atoms with Crippen LogP contribution in [0.5, 0.6) is 0 Å². The molecule has 0 bridgehead atoms. The van der Waals surface area contributed by atoms with E-state index in [0.29, 0.717) is 16.0 Å². The molecule has 1 aromatic carbocycles. The molecule has 4 rings (SSSR count). The second-order valence-corrected chi connectivity index (χ2v) is 9.62. The third-order valence-electron chi connectivity index (χ3n) is 6.30. The first-order chi connectivity index (χ1) is 15.9. The Labute approximate surface area is 205 Å². The lowest BCUT2D eigenvalue weighted by Crippen LogP contribution is -2.63. The molecule has 0 spiro atoms. The number of nitrogens with zero attached hydrogens (tertiary/aromatic N) is 4. The van der Waals surface area contributed by atoms with Gasteiger partial charge in [0.1, 0.15) is 5.82 Å². The maximum Gasteiger partial charge on any atom is 0.179 e. The number of anilines is 1. The SMILES string of the molecule is Cc1ccccc1NC(NC#N)N1CCN(C2=CNC3C=C(Cl)C(Cl)=CC3=N2)CC1C(C)C. The first-order valence-electron chi connectivity index (χ1n) is 11.1. The summed E-state index contributed by atoms with van der Waals surface area (Å²) in [6, 6.07) is 8.26. The van der Waals surface area contributed by atoms with Gasteiger partial charge in [-0.25, -0.2) is 4.99 Å². The van der Waals surface area contributed by atoms with Crippen molar-refractivity contribution in [3.8, 4) is 6.19 Å². The van der Waals surface area contributed by atoms with E-state index in [9.17, 15) is 5.26 Å². The summed E-state index contributed by atoms with van der Waals surface area (Å²) in [6.45, 7) is 8.83. The second-order valence-electron chi connectivity index (χ2n) is 8.80. The van der Waals surface area contributed by atoms with Gasteiger partial charge in [0.2, 0.25) is 0 Å². The Morgan fingerprint density at radius 2 is 2.00 bits per heavy atom. The summed E-state index contributed by atoms with van der Waals surface area (Å²) in [4.78, 5) is 9.49. The van der Waals surface area contributed by atoms with Gasteiger partial charge >= 0.3 is 0 Å². The van der Waals surface area contributed by atoms with Crippen molar-refractivity contribution < 1.29 is 0 Å². The quantitative estimate of drug-likeness (QED) is 0.322. The van der Waals surface area contributed by atoms with Gasteiger partial charge in [-0.05, 0) is 36.6 Å². The highest BCUT2D eigenvalue weighted by molar-refractivity contribution is 6.45. The van der Waals surface area contributed by atoms with E-state index < -0.39 is 0 Å². The zero-order valence-electron chi connectivity index (χ0n) is 19.0. The van der Waals surface area contributed by atoms with E-state index in [2.05, 4.69) is 58.8 Å². The third kappa shape index (κ3) is 5.14. The van der Waals surface area contributed by atoms with E-state index in [4.69, 9.17) is 28.2 Å². The zero-order valence-corrected chi connectivity index (χ0v) is 20.5. The van der Waals surface area contributed by atoms with Crippen molar-refractivity contribution in [2.45, 2.75) is 39.1 Å². The van der Waals surface area contributed by atoms with Gasteiger partial charge in [0.15, 0.2) is 12.5 Å². The summed E-state index contributed by atoms with van der Waals surface area (Å²) in [5, 5.41) is 20.3. The van der Waals surface area contributed by atoms with Crippen LogP contribution in [0.4, 0.5) is 5.69 Å². The number of piperazine rings is 1. The Morgan fingerprint density at radius 1 is 1.21 bits per heavy atom. The maximum atomic E-state index is 9.44. The largest absolute Gasteiger partial charge is 0.376 e. The first-order valence-corrected chi connectivity index (χ1v) is 11.9. The average molecular weight is 486 g/mol. The van der Waals surface area contributed by atoms with Crippen LogP contribution in [0.15, 0.2) is 63.5 Å². The van der Waals surface area contributed by atoms with Crippen LogP contribution in [0.25, 0.3) is 0 Å². The number of nitrogens with one attached hydrogen (secondary N) is 3. The van der Waals surface area contributed by atoms with E-state index in [1.54, 1.807) is 0 Å². The minimum atomic E-state index is -0.299. The third-order valence-corrected chi connectivity index (χ3v) is 7.03. The predicted molar refractivity (Wildman–Crippen MR) is 135 cm³/mol. The van der Waals surface area contributed by atoms with Crippen LogP contribution in [0.3, 0.4) is 0 Å². The lowest BCUT2D eigenvalue weighted by atomic mass is 9.99. The summed E-state index contributed by atoms with van der Waals surface area (Å²) >= 11 is 12.4. The number of aryl methyl sites for hydroxylation is 1. The van der Waals surface area contributed by atoms with E-state index >= 15 is 0 Å². The number of hydrogen-bond donors (Lipinski definition) is 3. The Hall–Kier alpha value is -2.66.